The second-order valence-electron chi connectivity index (χ2n) is 4.73. The summed E-state index contributed by atoms with van der Waals surface area (Å²) >= 11 is 0. The molecule has 0 aliphatic rings. The molecule has 0 aromatic heterocycles. The van der Waals surface area contributed by atoms with Gasteiger partial charge in [-0.3, -0.25) is 0 Å². The number of sulfonamides is 1. The van der Waals surface area contributed by atoms with Gasteiger partial charge in [0, 0.05) is 6.54 Å². The highest BCUT2D eigenvalue weighted by atomic mass is 32.2. The lowest BCUT2D eigenvalue weighted by Gasteiger charge is -2.08. The number of hydrogen-bond donors (Lipinski definition) is 1. The van der Waals surface area contributed by atoms with E-state index in [1.807, 2.05) is 54.6 Å². The van der Waals surface area contributed by atoms with E-state index >= 15 is 0 Å². The first kappa shape index (κ1) is 15.5. The number of aryl methyl sites for hydroxylation is 1. The SMILES string of the molecule is COc1cccc(CNS(=O)(=O)CCc2ccccc2)c1. The topological polar surface area (TPSA) is 55.4 Å². The number of methoxy groups -OCH3 is 1. The Morgan fingerprint density at radius 3 is 2.43 bits per heavy atom. The highest BCUT2D eigenvalue weighted by molar-refractivity contribution is 7.89. The van der Waals surface area contributed by atoms with Gasteiger partial charge in [0.25, 0.3) is 0 Å². The molecule has 0 aliphatic heterocycles. The van der Waals surface area contributed by atoms with E-state index in [-0.39, 0.29) is 12.3 Å². The standard InChI is InChI=1S/C16H19NO3S/c1-20-16-9-5-8-15(12-16)13-17-21(18,19)11-10-14-6-3-2-4-7-14/h2-9,12,17H,10-11,13H2,1H3. The van der Waals surface area contributed by atoms with Crippen LogP contribution < -0.4 is 9.46 Å². The van der Waals surface area contributed by atoms with E-state index in [1.165, 1.54) is 0 Å². The van der Waals surface area contributed by atoms with Gasteiger partial charge in [0.2, 0.25) is 10.0 Å². The van der Waals surface area contributed by atoms with Crippen LogP contribution in [0.2, 0.25) is 0 Å². The van der Waals surface area contributed by atoms with Gasteiger partial charge in [-0.05, 0) is 29.7 Å². The Morgan fingerprint density at radius 2 is 1.71 bits per heavy atom. The van der Waals surface area contributed by atoms with Crippen LogP contribution in [0.5, 0.6) is 5.75 Å². The van der Waals surface area contributed by atoms with Crippen LogP contribution in [0.1, 0.15) is 11.1 Å². The molecule has 1 N–H and O–H groups in total. The third-order valence-electron chi connectivity index (χ3n) is 3.13. The second kappa shape index (κ2) is 7.24. The molecule has 0 atom stereocenters. The van der Waals surface area contributed by atoms with Gasteiger partial charge in [0.1, 0.15) is 5.75 Å². The van der Waals surface area contributed by atoms with Crippen LogP contribution in [0.3, 0.4) is 0 Å². The van der Waals surface area contributed by atoms with Gasteiger partial charge < -0.3 is 4.74 Å². The first-order chi connectivity index (χ1) is 10.1. The minimum atomic E-state index is -3.29. The van der Waals surface area contributed by atoms with Gasteiger partial charge >= 0.3 is 0 Å². The van der Waals surface area contributed by atoms with Crippen molar-refractivity contribution in [3.05, 3.63) is 65.7 Å². The van der Waals surface area contributed by atoms with Crippen LogP contribution in [0.25, 0.3) is 0 Å². The summed E-state index contributed by atoms with van der Waals surface area (Å²) in [6.45, 7) is 0.272. The summed E-state index contributed by atoms with van der Waals surface area (Å²) in [6, 6.07) is 16.9. The first-order valence-electron chi connectivity index (χ1n) is 6.73. The van der Waals surface area contributed by atoms with Crippen molar-refractivity contribution in [2.45, 2.75) is 13.0 Å². The summed E-state index contributed by atoms with van der Waals surface area (Å²) in [5.74, 6) is 0.803. The number of nitrogens with one attached hydrogen (secondary N) is 1. The van der Waals surface area contributed by atoms with E-state index in [4.69, 9.17) is 4.74 Å². The Morgan fingerprint density at radius 1 is 1.00 bits per heavy atom. The van der Waals surface area contributed by atoms with Crippen molar-refractivity contribution in [3.8, 4) is 5.75 Å². The molecule has 0 saturated carbocycles. The summed E-state index contributed by atoms with van der Waals surface area (Å²) in [4.78, 5) is 0. The van der Waals surface area contributed by atoms with E-state index in [0.29, 0.717) is 6.42 Å². The van der Waals surface area contributed by atoms with Gasteiger partial charge in [-0.15, -0.1) is 0 Å². The average Bonchev–Trinajstić information content (AvgIpc) is 2.52. The Balaban J connectivity index is 1.89. The molecule has 0 saturated heterocycles. The van der Waals surface area contributed by atoms with Crippen LogP contribution in [0.15, 0.2) is 54.6 Å². The maximum Gasteiger partial charge on any atom is 0.212 e. The third kappa shape index (κ3) is 5.21. The zero-order chi connectivity index (χ0) is 15.1. The molecule has 0 fully saturated rings. The molecule has 0 radical (unpaired) electrons. The molecular formula is C16H19NO3S. The summed E-state index contributed by atoms with van der Waals surface area (Å²) in [7, 11) is -1.70. The molecule has 0 bridgehead atoms. The number of hydrogen-bond acceptors (Lipinski definition) is 3. The Hall–Kier alpha value is -1.85. The number of ether oxygens (including phenoxy) is 1. The highest BCUT2D eigenvalue weighted by Crippen LogP contribution is 2.12. The molecule has 0 amide bonds. The molecule has 4 nitrogen and oxygen atoms in total. The second-order valence-corrected chi connectivity index (χ2v) is 6.65. The van der Waals surface area contributed by atoms with Gasteiger partial charge in [-0.25, -0.2) is 13.1 Å². The van der Waals surface area contributed by atoms with Crippen LogP contribution >= 0.6 is 0 Å². The largest absolute Gasteiger partial charge is 0.497 e. The zero-order valence-electron chi connectivity index (χ0n) is 12.0. The predicted molar refractivity (Wildman–Crippen MR) is 83.8 cm³/mol. The lowest BCUT2D eigenvalue weighted by atomic mass is 10.2. The van der Waals surface area contributed by atoms with Crippen molar-refractivity contribution in [3.63, 3.8) is 0 Å². The van der Waals surface area contributed by atoms with Crippen molar-refractivity contribution in [1.82, 2.24) is 4.72 Å². The predicted octanol–water partition coefficient (Wildman–Crippen LogP) is 2.36. The van der Waals surface area contributed by atoms with Gasteiger partial charge in [-0.1, -0.05) is 42.5 Å². The number of rotatable bonds is 7. The first-order valence-corrected chi connectivity index (χ1v) is 8.38. The molecule has 2 rings (SSSR count). The molecular weight excluding hydrogens is 286 g/mol. The third-order valence-corrected chi connectivity index (χ3v) is 4.46. The molecule has 0 spiro atoms. The fraction of sp³-hybridized carbons (Fsp3) is 0.250. The van der Waals surface area contributed by atoms with Crippen LogP contribution in [-0.4, -0.2) is 21.3 Å². The lowest BCUT2D eigenvalue weighted by molar-refractivity contribution is 0.414. The fourth-order valence-corrected chi connectivity index (χ4v) is 2.98. The maximum absolute atomic E-state index is 12.0. The molecule has 0 unspecified atom stereocenters. The minimum absolute atomic E-state index is 0.0843. The fourth-order valence-electron chi connectivity index (χ4n) is 1.94. The molecule has 0 heterocycles. The van der Waals surface area contributed by atoms with Crippen molar-refractivity contribution in [1.29, 1.82) is 0 Å². The molecule has 0 aliphatic carbocycles. The van der Waals surface area contributed by atoms with E-state index in [2.05, 4.69) is 4.72 Å². The minimum Gasteiger partial charge on any atom is -0.497 e. The molecule has 5 heteroatoms. The van der Waals surface area contributed by atoms with Crippen molar-refractivity contribution >= 4 is 10.0 Å². The van der Waals surface area contributed by atoms with Crippen LogP contribution in [0, 0.1) is 0 Å². The summed E-state index contributed by atoms with van der Waals surface area (Å²) in [5, 5.41) is 0. The van der Waals surface area contributed by atoms with E-state index in [0.717, 1.165) is 16.9 Å². The quantitative estimate of drug-likeness (QED) is 0.854. The summed E-state index contributed by atoms with van der Waals surface area (Å²) in [6.07, 6.45) is 0.508. The van der Waals surface area contributed by atoms with Crippen molar-refractivity contribution in [2.75, 3.05) is 12.9 Å². The van der Waals surface area contributed by atoms with Crippen LogP contribution in [-0.2, 0) is 23.0 Å². The lowest BCUT2D eigenvalue weighted by Crippen LogP contribution is -2.26. The molecule has 2 aromatic rings. The van der Waals surface area contributed by atoms with Crippen molar-refractivity contribution < 1.29 is 13.2 Å². The molecule has 21 heavy (non-hydrogen) atoms. The normalized spacial score (nSPS) is 11.3. The van der Waals surface area contributed by atoms with Crippen molar-refractivity contribution in [2.24, 2.45) is 0 Å². The monoisotopic (exact) mass is 305 g/mol. The van der Waals surface area contributed by atoms with Gasteiger partial charge in [0.15, 0.2) is 0 Å². The summed E-state index contributed by atoms with van der Waals surface area (Å²) in [5.41, 5.74) is 1.89. The van der Waals surface area contributed by atoms with Crippen LogP contribution in [0.4, 0.5) is 0 Å². The van der Waals surface area contributed by atoms with E-state index in [1.54, 1.807) is 7.11 Å². The Kier molecular flexibility index (Phi) is 5.36. The highest BCUT2D eigenvalue weighted by Gasteiger charge is 2.10. The molecule has 112 valence electrons. The van der Waals surface area contributed by atoms with E-state index < -0.39 is 10.0 Å². The average molecular weight is 305 g/mol. The van der Waals surface area contributed by atoms with Gasteiger partial charge in [-0.2, -0.15) is 0 Å². The zero-order valence-corrected chi connectivity index (χ0v) is 12.8. The van der Waals surface area contributed by atoms with Gasteiger partial charge in [0.05, 0.1) is 12.9 Å². The maximum atomic E-state index is 12.0. The summed E-state index contributed by atoms with van der Waals surface area (Å²) < 4.78 is 31.7. The molecule has 2 aromatic carbocycles. The number of benzene rings is 2. The Labute approximate surface area is 125 Å². The smallest absolute Gasteiger partial charge is 0.212 e. The van der Waals surface area contributed by atoms with E-state index in [9.17, 15) is 8.42 Å². The Bertz CT molecular complexity index is 669.